The number of carbonyl (C=O) groups is 1. The molecule has 0 fully saturated rings. The van der Waals surface area contributed by atoms with Crippen molar-refractivity contribution in [2.24, 2.45) is 0 Å². The SMILES string of the molecule is CCOc1ccc(CCNC(=O)O)cc1Cl. The maximum Gasteiger partial charge on any atom is 0.404 e. The Bertz CT molecular complexity index is 368. The summed E-state index contributed by atoms with van der Waals surface area (Å²) >= 11 is 5.99. The van der Waals surface area contributed by atoms with E-state index in [2.05, 4.69) is 5.32 Å². The standard InChI is InChI=1S/C11H14ClNO3/c1-2-16-10-4-3-8(7-9(10)12)5-6-13-11(14)15/h3-4,7,13H,2,5-6H2,1H3,(H,14,15). The third kappa shape index (κ3) is 3.98. The maximum atomic E-state index is 10.2. The van der Waals surface area contributed by atoms with E-state index >= 15 is 0 Å². The van der Waals surface area contributed by atoms with Gasteiger partial charge in [0.2, 0.25) is 0 Å². The third-order valence-corrected chi connectivity index (χ3v) is 2.28. The van der Waals surface area contributed by atoms with Crippen molar-refractivity contribution >= 4 is 17.7 Å². The largest absolute Gasteiger partial charge is 0.492 e. The Morgan fingerprint density at radius 2 is 2.31 bits per heavy atom. The van der Waals surface area contributed by atoms with Crippen LogP contribution in [0, 0.1) is 0 Å². The van der Waals surface area contributed by atoms with Crippen LogP contribution in [0.2, 0.25) is 5.02 Å². The number of nitrogens with one attached hydrogen (secondary N) is 1. The molecule has 0 unspecified atom stereocenters. The summed E-state index contributed by atoms with van der Waals surface area (Å²) in [4.78, 5) is 10.2. The molecule has 1 rings (SSSR count). The van der Waals surface area contributed by atoms with Gasteiger partial charge in [-0.1, -0.05) is 17.7 Å². The number of rotatable bonds is 5. The zero-order chi connectivity index (χ0) is 12.0. The highest BCUT2D eigenvalue weighted by atomic mass is 35.5. The zero-order valence-electron chi connectivity index (χ0n) is 9.00. The molecule has 2 N–H and O–H groups in total. The van der Waals surface area contributed by atoms with E-state index < -0.39 is 6.09 Å². The van der Waals surface area contributed by atoms with Gasteiger partial charge in [-0.2, -0.15) is 0 Å². The summed E-state index contributed by atoms with van der Waals surface area (Å²) in [6.45, 7) is 2.83. The molecule has 0 saturated heterocycles. The molecule has 5 heteroatoms. The summed E-state index contributed by atoms with van der Waals surface area (Å²) in [6, 6.07) is 5.46. The van der Waals surface area contributed by atoms with Crippen molar-refractivity contribution in [1.29, 1.82) is 0 Å². The quantitative estimate of drug-likeness (QED) is 0.836. The van der Waals surface area contributed by atoms with Crippen LogP contribution in [0.5, 0.6) is 5.75 Å². The highest BCUT2D eigenvalue weighted by Crippen LogP contribution is 2.25. The average molecular weight is 244 g/mol. The van der Waals surface area contributed by atoms with Crippen molar-refractivity contribution in [3.8, 4) is 5.75 Å². The van der Waals surface area contributed by atoms with Gasteiger partial charge in [0.15, 0.2) is 0 Å². The minimum absolute atomic E-state index is 0.375. The predicted octanol–water partition coefficient (Wildman–Crippen LogP) is 2.55. The highest BCUT2D eigenvalue weighted by Gasteiger charge is 2.03. The first kappa shape index (κ1) is 12.6. The van der Waals surface area contributed by atoms with Gasteiger partial charge in [-0.15, -0.1) is 0 Å². The van der Waals surface area contributed by atoms with Crippen molar-refractivity contribution in [3.63, 3.8) is 0 Å². The number of amides is 1. The molecule has 0 spiro atoms. The van der Waals surface area contributed by atoms with E-state index in [0.717, 1.165) is 5.56 Å². The molecule has 0 radical (unpaired) electrons. The predicted molar refractivity (Wildman–Crippen MR) is 62.4 cm³/mol. The smallest absolute Gasteiger partial charge is 0.404 e. The minimum atomic E-state index is -1.02. The van der Waals surface area contributed by atoms with Gasteiger partial charge in [0, 0.05) is 6.54 Å². The van der Waals surface area contributed by atoms with Gasteiger partial charge >= 0.3 is 6.09 Å². The van der Waals surface area contributed by atoms with Gasteiger partial charge < -0.3 is 15.2 Å². The van der Waals surface area contributed by atoms with Crippen LogP contribution in [0.1, 0.15) is 12.5 Å². The monoisotopic (exact) mass is 243 g/mol. The van der Waals surface area contributed by atoms with Crippen LogP contribution in [0.15, 0.2) is 18.2 Å². The average Bonchev–Trinajstić information content (AvgIpc) is 2.21. The molecule has 0 aromatic heterocycles. The fourth-order valence-corrected chi connectivity index (χ4v) is 1.54. The second-order valence-corrected chi connectivity index (χ2v) is 3.59. The van der Waals surface area contributed by atoms with Gasteiger partial charge in [-0.25, -0.2) is 4.79 Å². The normalized spacial score (nSPS) is 9.88. The van der Waals surface area contributed by atoms with Crippen LogP contribution < -0.4 is 10.1 Å². The number of ether oxygens (including phenoxy) is 1. The second-order valence-electron chi connectivity index (χ2n) is 3.18. The van der Waals surface area contributed by atoms with Crippen LogP contribution in [-0.2, 0) is 6.42 Å². The molecule has 0 heterocycles. The van der Waals surface area contributed by atoms with Crippen LogP contribution >= 0.6 is 11.6 Å². The molecular weight excluding hydrogens is 230 g/mol. The number of hydrogen-bond donors (Lipinski definition) is 2. The molecule has 1 aromatic rings. The Balaban J connectivity index is 2.55. The van der Waals surface area contributed by atoms with Gasteiger partial charge in [0.25, 0.3) is 0 Å². The van der Waals surface area contributed by atoms with Crippen LogP contribution in [-0.4, -0.2) is 24.4 Å². The van der Waals surface area contributed by atoms with E-state index in [1.54, 1.807) is 12.1 Å². The van der Waals surface area contributed by atoms with Crippen LogP contribution in [0.25, 0.3) is 0 Å². The molecule has 88 valence electrons. The number of halogens is 1. The topological polar surface area (TPSA) is 58.6 Å². The Hall–Kier alpha value is -1.42. The van der Waals surface area contributed by atoms with E-state index in [1.165, 1.54) is 0 Å². The van der Waals surface area contributed by atoms with E-state index in [9.17, 15) is 4.79 Å². The van der Waals surface area contributed by atoms with Crippen molar-refractivity contribution in [2.45, 2.75) is 13.3 Å². The first-order valence-corrected chi connectivity index (χ1v) is 5.39. The molecule has 0 aliphatic rings. The van der Waals surface area contributed by atoms with E-state index in [4.69, 9.17) is 21.4 Å². The molecule has 0 atom stereocenters. The Kier molecular flexibility index (Phi) is 4.92. The molecule has 0 aliphatic carbocycles. The molecule has 0 saturated carbocycles. The van der Waals surface area contributed by atoms with E-state index in [1.807, 2.05) is 13.0 Å². The van der Waals surface area contributed by atoms with Crippen LogP contribution in [0.3, 0.4) is 0 Å². The molecule has 0 aliphatic heterocycles. The highest BCUT2D eigenvalue weighted by molar-refractivity contribution is 6.32. The first-order chi connectivity index (χ1) is 7.63. The van der Waals surface area contributed by atoms with Gasteiger partial charge in [-0.05, 0) is 31.0 Å². The first-order valence-electron chi connectivity index (χ1n) is 5.01. The fourth-order valence-electron chi connectivity index (χ4n) is 1.29. The van der Waals surface area contributed by atoms with E-state index in [-0.39, 0.29) is 0 Å². The molecule has 1 amide bonds. The van der Waals surface area contributed by atoms with Crippen molar-refractivity contribution in [3.05, 3.63) is 28.8 Å². The Labute approximate surface area is 99.2 Å². The van der Waals surface area contributed by atoms with Crippen LogP contribution in [0.4, 0.5) is 4.79 Å². The second kappa shape index (κ2) is 6.23. The third-order valence-electron chi connectivity index (χ3n) is 1.99. The summed E-state index contributed by atoms with van der Waals surface area (Å²) in [5.41, 5.74) is 0.974. The Morgan fingerprint density at radius 3 is 2.88 bits per heavy atom. The van der Waals surface area contributed by atoms with Crippen molar-refractivity contribution in [1.82, 2.24) is 5.32 Å². The Morgan fingerprint density at radius 1 is 1.56 bits per heavy atom. The van der Waals surface area contributed by atoms with Crippen molar-refractivity contribution in [2.75, 3.05) is 13.2 Å². The molecule has 16 heavy (non-hydrogen) atoms. The molecular formula is C11H14ClNO3. The summed E-state index contributed by atoms with van der Waals surface area (Å²) < 4.78 is 5.29. The lowest BCUT2D eigenvalue weighted by Gasteiger charge is -2.07. The lowest BCUT2D eigenvalue weighted by molar-refractivity contribution is 0.194. The van der Waals surface area contributed by atoms with Gasteiger partial charge in [0.1, 0.15) is 5.75 Å². The van der Waals surface area contributed by atoms with Gasteiger partial charge in [-0.3, -0.25) is 0 Å². The summed E-state index contributed by atoms with van der Waals surface area (Å²) in [6.07, 6.45) is -0.407. The summed E-state index contributed by atoms with van der Waals surface area (Å²) in [5.74, 6) is 0.652. The summed E-state index contributed by atoms with van der Waals surface area (Å²) in [5, 5.41) is 11.2. The molecule has 1 aromatic carbocycles. The fraction of sp³-hybridized carbons (Fsp3) is 0.364. The number of carboxylic acid groups (broad SMARTS) is 1. The maximum absolute atomic E-state index is 10.2. The molecule has 4 nitrogen and oxygen atoms in total. The number of benzene rings is 1. The zero-order valence-corrected chi connectivity index (χ0v) is 9.75. The summed E-state index contributed by atoms with van der Waals surface area (Å²) in [7, 11) is 0. The lowest BCUT2D eigenvalue weighted by atomic mass is 10.1. The van der Waals surface area contributed by atoms with E-state index in [0.29, 0.717) is 30.3 Å². The molecule has 0 bridgehead atoms. The number of hydrogen-bond acceptors (Lipinski definition) is 2. The minimum Gasteiger partial charge on any atom is -0.492 e. The van der Waals surface area contributed by atoms with Gasteiger partial charge in [0.05, 0.1) is 11.6 Å². The lowest BCUT2D eigenvalue weighted by Crippen LogP contribution is -2.23. The van der Waals surface area contributed by atoms with Crippen molar-refractivity contribution < 1.29 is 14.6 Å².